The normalized spacial score (nSPS) is 10.6. The van der Waals surface area contributed by atoms with Crippen molar-refractivity contribution in [2.45, 2.75) is 13.8 Å². The molecule has 4 nitrogen and oxygen atoms in total. The molecule has 17 heavy (non-hydrogen) atoms. The summed E-state index contributed by atoms with van der Waals surface area (Å²) < 4.78 is 11.0. The zero-order valence-electron chi connectivity index (χ0n) is 9.98. The highest BCUT2D eigenvalue weighted by Crippen LogP contribution is 2.07. The van der Waals surface area contributed by atoms with E-state index in [1.165, 1.54) is 6.20 Å². The number of pyridine rings is 1. The molecule has 0 N–H and O–H groups in total. The van der Waals surface area contributed by atoms with Gasteiger partial charge in [-0.25, -0.2) is 9.78 Å². The van der Waals surface area contributed by atoms with E-state index in [1.54, 1.807) is 12.1 Å². The molecular formula is C12H16BrNO3. The van der Waals surface area contributed by atoms with Gasteiger partial charge < -0.3 is 9.47 Å². The number of aromatic nitrogens is 1. The van der Waals surface area contributed by atoms with Gasteiger partial charge in [-0.2, -0.15) is 0 Å². The lowest BCUT2D eigenvalue weighted by atomic mass is 10.2. The second-order valence-electron chi connectivity index (χ2n) is 3.97. The fourth-order valence-corrected chi connectivity index (χ4v) is 1.33. The van der Waals surface area contributed by atoms with Crippen LogP contribution in [-0.2, 0) is 9.47 Å². The third-order valence-electron chi connectivity index (χ3n) is 1.88. The van der Waals surface area contributed by atoms with E-state index in [1.807, 2.05) is 0 Å². The van der Waals surface area contributed by atoms with Crippen LogP contribution in [0.3, 0.4) is 0 Å². The molecule has 0 aliphatic carbocycles. The number of halogens is 1. The Labute approximate surface area is 109 Å². The molecule has 0 aliphatic rings. The van der Waals surface area contributed by atoms with Crippen LogP contribution in [0, 0.1) is 5.92 Å². The van der Waals surface area contributed by atoms with Gasteiger partial charge in [0.2, 0.25) is 0 Å². The van der Waals surface area contributed by atoms with E-state index in [-0.39, 0.29) is 12.6 Å². The second kappa shape index (κ2) is 7.40. The highest BCUT2D eigenvalue weighted by molar-refractivity contribution is 9.10. The quantitative estimate of drug-likeness (QED) is 0.460. The summed E-state index contributed by atoms with van der Waals surface area (Å²) in [5, 5.41) is 0. The molecule has 0 aliphatic heterocycles. The highest BCUT2D eigenvalue weighted by Gasteiger charge is 2.06. The predicted molar refractivity (Wildman–Crippen MR) is 67.9 cm³/mol. The van der Waals surface area contributed by atoms with Crippen molar-refractivity contribution < 1.29 is 14.3 Å². The molecule has 0 spiro atoms. The van der Waals surface area contributed by atoms with Gasteiger partial charge in [0.15, 0.2) is 0 Å². The van der Waals surface area contributed by atoms with Crippen molar-refractivity contribution in [3.63, 3.8) is 0 Å². The first-order valence-electron chi connectivity index (χ1n) is 5.46. The van der Waals surface area contributed by atoms with Crippen molar-refractivity contribution in [1.29, 1.82) is 0 Å². The molecule has 0 aromatic carbocycles. The molecule has 1 heterocycles. The van der Waals surface area contributed by atoms with Crippen molar-refractivity contribution in [3.8, 4) is 0 Å². The Morgan fingerprint density at radius 2 is 2.18 bits per heavy atom. The van der Waals surface area contributed by atoms with Crippen LogP contribution in [-0.4, -0.2) is 30.8 Å². The van der Waals surface area contributed by atoms with Crippen LogP contribution in [0.5, 0.6) is 0 Å². The first-order chi connectivity index (χ1) is 8.09. The van der Waals surface area contributed by atoms with Gasteiger partial charge >= 0.3 is 5.97 Å². The summed E-state index contributed by atoms with van der Waals surface area (Å²) in [5.41, 5.74) is 0.442. The van der Waals surface area contributed by atoms with Crippen molar-refractivity contribution in [1.82, 2.24) is 4.98 Å². The van der Waals surface area contributed by atoms with Gasteiger partial charge in [-0.05, 0) is 34.0 Å². The standard InChI is InChI=1S/C12H16BrNO3/c1-9(2)8-16-5-6-17-12(15)10-3-4-11(13)14-7-10/h3-4,7,9H,5-6,8H2,1-2H3. The Hall–Kier alpha value is -0.940. The Morgan fingerprint density at radius 1 is 1.41 bits per heavy atom. The molecule has 0 fully saturated rings. The van der Waals surface area contributed by atoms with Crippen LogP contribution in [0.4, 0.5) is 0 Å². The minimum atomic E-state index is -0.377. The van der Waals surface area contributed by atoms with Gasteiger partial charge in [0, 0.05) is 12.8 Å². The summed E-state index contributed by atoms with van der Waals surface area (Å²) in [6.07, 6.45) is 1.47. The largest absolute Gasteiger partial charge is 0.460 e. The Morgan fingerprint density at radius 3 is 2.76 bits per heavy atom. The van der Waals surface area contributed by atoms with Crippen LogP contribution in [0.25, 0.3) is 0 Å². The first kappa shape index (κ1) is 14.1. The summed E-state index contributed by atoms with van der Waals surface area (Å²) in [6, 6.07) is 3.36. The molecule has 0 bridgehead atoms. The van der Waals surface area contributed by atoms with Gasteiger partial charge in [-0.1, -0.05) is 13.8 Å². The van der Waals surface area contributed by atoms with E-state index in [0.717, 1.165) is 0 Å². The Kier molecular flexibility index (Phi) is 6.15. The highest BCUT2D eigenvalue weighted by atomic mass is 79.9. The average molecular weight is 302 g/mol. The fraction of sp³-hybridized carbons (Fsp3) is 0.500. The predicted octanol–water partition coefficient (Wildman–Crippen LogP) is 2.67. The van der Waals surface area contributed by atoms with Crippen molar-refractivity contribution in [3.05, 3.63) is 28.5 Å². The molecule has 0 radical (unpaired) electrons. The lowest BCUT2D eigenvalue weighted by molar-refractivity contribution is 0.0277. The Bertz CT molecular complexity index is 351. The summed E-state index contributed by atoms with van der Waals surface area (Å²) >= 11 is 3.20. The number of esters is 1. The lowest BCUT2D eigenvalue weighted by Gasteiger charge is -2.07. The maximum absolute atomic E-state index is 11.5. The zero-order valence-corrected chi connectivity index (χ0v) is 11.6. The van der Waals surface area contributed by atoms with Crippen molar-refractivity contribution in [2.75, 3.05) is 19.8 Å². The fourth-order valence-electron chi connectivity index (χ4n) is 1.09. The molecule has 0 amide bonds. The maximum Gasteiger partial charge on any atom is 0.339 e. The molecule has 0 saturated carbocycles. The van der Waals surface area contributed by atoms with E-state index in [0.29, 0.717) is 29.3 Å². The molecular weight excluding hydrogens is 286 g/mol. The summed E-state index contributed by atoms with van der Waals surface area (Å²) in [4.78, 5) is 15.5. The van der Waals surface area contributed by atoms with Gasteiger partial charge in [0.05, 0.1) is 12.2 Å². The molecule has 1 aromatic heterocycles. The molecule has 94 valence electrons. The number of hydrogen-bond donors (Lipinski definition) is 0. The number of carbonyl (C=O) groups excluding carboxylic acids is 1. The SMILES string of the molecule is CC(C)COCCOC(=O)c1ccc(Br)nc1. The van der Waals surface area contributed by atoms with Gasteiger partial charge in [0.1, 0.15) is 11.2 Å². The van der Waals surface area contributed by atoms with E-state index in [4.69, 9.17) is 9.47 Å². The monoisotopic (exact) mass is 301 g/mol. The van der Waals surface area contributed by atoms with Crippen LogP contribution in [0.2, 0.25) is 0 Å². The van der Waals surface area contributed by atoms with Crippen molar-refractivity contribution >= 4 is 21.9 Å². The second-order valence-corrected chi connectivity index (χ2v) is 4.79. The first-order valence-corrected chi connectivity index (χ1v) is 6.25. The van der Waals surface area contributed by atoms with Gasteiger partial charge in [0.25, 0.3) is 0 Å². The minimum absolute atomic E-state index is 0.265. The average Bonchev–Trinajstić information content (AvgIpc) is 2.29. The number of carbonyl (C=O) groups is 1. The van der Waals surface area contributed by atoms with Crippen LogP contribution < -0.4 is 0 Å². The molecule has 0 unspecified atom stereocenters. The van der Waals surface area contributed by atoms with E-state index < -0.39 is 0 Å². The van der Waals surface area contributed by atoms with Crippen LogP contribution >= 0.6 is 15.9 Å². The molecule has 5 heteroatoms. The van der Waals surface area contributed by atoms with E-state index in [9.17, 15) is 4.79 Å². The number of nitrogens with zero attached hydrogens (tertiary/aromatic N) is 1. The van der Waals surface area contributed by atoms with Crippen LogP contribution in [0.15, 0.2) is 22.9 Å². The van der Waals surface area contributed by atoms with Gasteiger partial charge in [-0.3, -0.25) is 0 Å². The molecule has 0 atom stereocenters. The number of hydrogen-bond acceptors (Lipinski definition) is 4. The summed E-state index contributed by atoms with van der Waals surface area (Å²) in [6.45, 7) is 5.51. The third kappa shape index (κ3) is 5.79. The minimum Gasteiger partial charge on any atom is -0.460 e. The summed E-state index contributed by atoms with van der Waals surface area (Å²) in [5.74, 6) is 0.111. The van der Waals surface area contributed by atoms with E-state index in [2.05, 4.69) is 34.8 Å². The van der Waals surface area contributed by atoms with Crippen molar-refractivity contribution in [2.24, 2.45) is 5.92 Å². The smallest absolute Gasteiger partial charge is 0.339 e. The topological polar surface area (TPSA) is 48.4 Å². The lowest BCUT2D eigenvalue weighted by Crippen LogP contribution is -2.12. The number of rotatable bonds is 6. The molecule has 1 aromatic rings. The Balaban J connectivity index is 2.23. The molecule has 0 saturated heterocycles. The number of ether oxygens (including phenoxy) is 2. The zero-order chi connectivity index (χ0) is 12.7. The summed E-state index contributed by atoms with van der Waals surface area (Å²) in [7, 11) is 0. The molecule has 1 rings (SSSR count). The van der Waals surface area contributed by atoms with E-state index >= 15 is 0 Å². The van der Waals surface area contributed by atoms with Crippen LogP contribution in [0.1, 0.15) is 24.2 Å². The van der Waals surface area contributed by atoms with Gasteiger partial charge in [-0.15, -0.1) is 0 Å². The maximum atomic E-state index is 11.5. The third-order valence-corrected chi connectivity index (χ3v) is 2.34.